The maximum Gasteiger partial charge on any atom is 0.325 e. The van der Waals surface area contributed by atoms with Crippen LogP contribution in [-0.4, -0.2) is 44.2 Å². The zero-order chi connectivity index (χ0) is 20.0. The van der Waals surface area contributed by atoms with Crippen molar-refractivity contribution in [1.29, 1.82) is 0 Å². The largest absolute Gasteiger partial charge is 0.460 e. The fourth-order valence-corrected chi connectivity index (χ4v) is 5.85. The molecule has 1 saturated heterocycles. The van der Waals surface area contributed by atoms with Crippen LogP contribution in [0.15, 0.2) is 46.7 Å². The van der Waals surface area contributed by atoms with Gasteiger partial charge >= 0.3 is 5.97 Å². The monoisotopic (exact) mass is 422 g/mol. The first-order valence-electron chi connectivity index (χ1n) is 9.00. The maximum absolute atomic E-state index is 12.5. The van der Waals surface area contributed by atoms with Crippen LogP contribution in [0, 0.1) is 0 Å². The van der Waals surface area contributed by atoms with Crippen molar-refractivity contribution in [1.82, 2.24) is 9.62 Å². The van der Waals surface area contributed by atoms with E-state index in [1.165, 1.54) is 10.4 Å². The molecule has 0 atom stereocenters. The summed E-state index contributed by atoms with van der Waals surface area (Å²) in [6, 6.07) is 12.4. The number of carbonyl (C=O) groups excluding carboxylic acids is 2. The van der Waals surface area contributed by atoms with Crippen LogP contribution in [0.3, 0.4) is 0 Å². The number of nitrogens with one attached hydrogen (secondary N) is 1. The van der Waals surface area contributed by atoms with E-state index in [2.05, 4.69) is 5.32 Å². The normalized spacial score (nSPS) is 14.7. The lowest BCUT2D eigenvalue weighted by molar-refractivity contribution is -0.145. The van der Waals surface area contributed by atoms with Gasteiger partial charge in [0.15, 0.2) is 0 Å². The van der Waals surface area contributed by atoms with Crippen molar-refractivity contribution in [2.24, 2.45) is 0 Å². The predicted molar refractivity (Wildman–Crippen MR) is 105 cm³/mol. The van der Waals surface area contributed by atoms with E-state index >= 15 is 0 Å². The molecule has 0 bridgehead atoms. The molecule has 0 spiro atoms. The Morgan fingerprint density at radius 1 is 1.07 bits per heavy atom. The topological polar surface area (TPSA) is 92.8 Å². The molecule has 7 nitrogen and oxygen atoms in total. The standard InChI is InChI=1S/C19H22N2O5S2/c22-17(20-13-18(23)26-14-15-6-2-1-3-7-15)12-16-8-9-19(27-16)28(24,25)21-10-4-5-11-21/h1-3,6-9H,4-5,10-14H2,(H,20,22). The fraction of sp³-hybridized carbons (Fsp3) is 0.368. The molecule has 9 heteroatoms. The van der Waals surface area contributed by atoms with Crippen LogP contribution in [0.25, 0.3) is 0 Å². The quantitative estimate of drug-likeness (QED) is 0.656. The molecule has 28 heavy (non-hydrogen) atoms. The summed E-state index contributed by atoms with van der Waals surface area (Å²) in [5.74, 6) is -0.885. The summed E-state index contributed by atoms with van der Waals surface area (Å²) in [6.45, 7) is 1.01. The highest BCUT2D eigenvalue weighted by molar-refractivity contribution is 7.91. The second-order valence-electron chi connectivity index (χ2n) is 6.43. The number of hydrogen-bond donors (Lipinski definition) is 1. The zero-order valence-corrected chi connectivity index (χ0v) is 16.9. The minimum Gasteiger partial charge on any atom is -0.460 e. The van der Waals surface area contributed by atoms with Crippen LogP contribution in [0.5, 0.6) is 0 Å². The first kappa shape index (κ1) is 20.5. The summed E-state index contributed by atoms with van der Waals surface area (Å²) in [5.41, 5.74) is 0.868. The third-order valence-electron chi connectivity index (χ3n) is 4.30. The summed E-state index contributed by atoms with van der Waals surface area (Å²) in [4.78, 5) is 24.4. The Balaban J connectivity index is 1.45. The van der Waals surface area contributed by atoms with Crippen LogP contribution in [0.1, 0.15) is 23.3 Å². The minimum absolute atomic E-state index is 0.0200. The number of sulfonamides is 1. The molecule has 2 heterocycles. The molecule has 0 aliphatic carbocycles. The van der Waals surface area contributed by atoms with Crippen molar-refractivity contribution in [2.75, 3.05) is 19.6 Å². The molecule has 1 aliphatic heterocycles. The Bertz CT molecular complexity index is 919. The lowest BCUT2D eigenvalue weighted by Gasteiger charge is -2.13. The van der Waals surface area contributed by atoms with E-state index in [0.717, 1.165) is 29.7 Å². The van der Waals surface area contributed by atoms with Gasteiger partial charge in [0.1, 0.15) is 17.4 Å². The second-order valence-corrected chi connectivity index (χ2v) is 9.76. The minimum atomic E-state index is -3.47. The predicted octanol–water partition coefficient (Wildman–Crippen LogP) is 1.93. The number of carbonyl (C=O) groups is 2. The van der Waals surface area contributed by atoms with E-state index in [4.69, 9.17) is 4.74 Å². The van der Waals surface area contributed by atoms with Crippen molar-refractivity contribution < 1.29 is 22.7 Å². The summed E-state index contributed by atoms with van der Waals surface area (Å²) in [6.07, 6.45) is 1.77. The van der Waals surface area contributed by atoms with E-state index in [1.807, 2.05) is 30.3 Å². The third-order valence-corrected chi connectivity index (χ3v) is 7.75. The van der Waals surface area contributed by atoms with Gasteiger partial charge < -0.3 is 10.1 Å². The van der Waals surface area contributed by atoms with Gasteiger partial charge in [0, 0.05) is 18.0 Å². The molecular weight excluding hydrogens is 400 g/mol. The van der Waals surface area contributed by atoms with Crippen LogP contribution in [0.2, 0.25) is 0 Å². The molecule has 1 aromatic carbocycles. The lowest BCUT2D eigenvalue weighted by atomic mass is 10.2. The lowest BCUT2D eigenvalue weighted by Crippen LogP contribution is -2.31. The summed E-state index contributed by atoms with van der Waals surface area (Å²) < 4.78 is 31.8. The molecule has 3 rings (SSSR count). The van der Waals surface area contributed by atoms with Crippen LogP contribution < -0.4 is 5.32 Å². The van der Waals surface area contributed by atoms with Crippen LogP contribution in [0.4, 0.5) is 0 Å². The third kappa shape index (κ3) is 5.40. The molecule has 1 N–H and O–H groups in total. The summed E-state index contributed by atoms with van der Waals surface area (Å²) >= 11 is 1.09. The average Bonchev–Trinajstić information content (AvgIpc) is 3.38. The highest BCUT2D eigenvalue weighted by atomic mass is 32.2. The second kappa shape index (κ2) is 9.31. The molecule has 0 saturated carbocycles. The smallest absolute Gasteiger partial charge is 0.325 e. The molecule has 1 amide bonds. The first-order valence-corrected chi connectivity index (χ1v) is 11.3. The molecule has 0 unspecified atom stereocenters. The molecule has 1 fully saturated rings. The summed E-state index contributed by atoms with van der Waals surface area (Å²) in [7, 11) is -3.47. The van der Waals surface area contributed by atoms with Gasteiger partial charge in [-0.2, -0.15) is 4.31 Å². The van der Waals surface area contributed by atoms with Crippen LogP contribution in [-0.2, 0) is 37.4 Å². The van der Waals surface area contributed by atoms with E-state index < -0.39 is 16.0 Å². The SMILES string of the molecule is O=C(Cc1ccc(S(=O)(=O)N2CCCC2)s1)NCC(=O)OCc1ccccc1. The highest BCUT2D eigenvalue weighted by Gasteiger charge is 2.28. The van der Waals surface area contributed by atoms with E-state index in [-0.39, 0.29) is 29.7 Å². The number of esters is 1. The Morgan fingerprint density at radius 3 is 2.50 bits per heavy atom. The Labute approximate surface area is 168 Å². The highest BCUT2D eigenvalue weighted by Crippen LogP contribution is 2.27. The van der Waals surface area contributed by atoms with E-state index in [9.17, 15) is 18.0 Å². The molecule has 1 aromatic heterocycles. The molecule has 0 radical (unpaired) electrons. The molecule has 150 valence electrons. The molecular formula is C19H22N2O5S2. The number of hydrogen-bond acceptors (Lipinski definition) is 6. The number of rotatable bonds is 8. The Kier molecular flexibility index (Phi) is 6.82. The molecule has 2 aromatic rings. The van der Waals surface area contributed by atoms with E-state index in [0.29, 0.717) is 18.0 Å². The zero-order valence-electron chi connectivity index (χ0n) is 15.3. The van der Waals surface area contributed by atoms with Gasteiger partial charge in [-0.3, -0.25) is 9.59 Å². The fourth-order valence-electron chi connectivity index (χ4n) is 2.83. The van der Waals surface area contributed by atoms with Crippen molar-refractivity contribution in [2.45, 2.75) is 30.1 Å². The Hall–Kier alpha value is -2.23. The van der Waals surface area contributed by atoms with E-state index in [1.54, 1.807) is 6.07 Å². The first-order chi connectivity index (χ1) is 13.4. The van der Waals surface area contributed by atoms with Gasteiger partial charge in [0.25, 0.3) is 10.0 Å². The number of thiophene rings is 1. The van der Waals surface area contributed by atoms with Gasteiger partial charge in [0.05, 0.1) is 6.42 Å². The molecule has 1 aliphatic rings. The van der Waals surface area contributed by atoms with Crippen molar-refractivity contribution in [3.05, 3.63) is 52.9 Å². The number of nitrogens with zero attached hydrogens (tertiary/aromatic N) is 1. The van der Waals surface area contributed by atoms with Gasteiger partial charge in [-0.1, -0.05) is 30.3 Å². The number of ether oxygens (including phenoxy) is 1. The van der Waals surface area contributed by atoms with Gasteiger partial charge in [-0.05, 0) is 30.5 Å². The number of benzene rings is 1. The van der Waals surface area contributed by atoms with Gasteiger partial charge in [-0.25, -0.2) is 8.42 Å². The van der Waals surface area contributed by atoms with Gasteiger partial charge in [0.2, 0.25) is 5.91 Å². The van der Waals surface area contributed by atoms with Gasteiger partial charge in [-0.15, -0.1) is 11.3 Å². The maximum atomic E-state index is 12.5. The van der Waals surface area contributed by atoms with Crippen molar-refractivity contribution in [3.63, 3.8) is 0 Å². The number of amides is 1. The Morgan fingerprint density at radius 2 is 1.79 bits per heavy atom. The average molecular weight is 423 g/mol. The van der Waals surface area contributed by atoms with Crippen molar-refractivity contribution in [3.8, 4) is 0 Å². The summed E-state index contributed by atoms with van der Waals surface area (Å²) in [5, 5.41) is 2.50. The van der Waals surface area contributed by atoms with Crippen LogP contribution >= 0.6 is 11.3 Å². The van der Waals surface area contributed by atoms with Crippen molar-refractivity contribution >= 4 is 33.2 Å².